The Morgan fingerprint density at radius 2 is 1.63 bits per heavy atom. The van der Waals surface area contributed by atoms with Crippen molar-refractivity contribution in [2.45, 2.75) is 62.9 Å². The summed E-state index contributed by atoms with van der Waals surface area (Å²) in [5, 5.41) is 10.7. The Hall–Kier alpha value is -4.64. The molecule has 0 aromatic heterocycles. The minimum Gasteiger partial charge on any atom is -0.494 e. The highest BCUT2D eigenvalue weighted by molar-refractivity contribution is 8.01. The van der Waals surface area contributed by atoms with Crippen LogP contribution in [-0.4, -0.2) is 62.0 Å². The number of urea groups is 1. The van der Waals surface area contributed by atoms with Crippen molar-refractivity contribution in [2.75, 3.05) is 7.11 Å². The molecule has 0 spiro atoms. The van der Waals surface area contributed by atoms with Crippen molar-refractivity contribution in [1.82, 2.24) is 15.1 Å². The molecule has 2 unspecified atom stereocenters. The minimum absolute atomic E-state index is 0.0359. The van der Waals surface area contributed by atoms with E-state index in [1.807, 2.05) is 80.6 Å². The third-order valence-corrected chi connectivity index (χ3v) is 8.80. The van der Waals surface area contributed by atoms with Crippen LogP contribution in [0.5, 0.6) is 5.75 Å². The van der Waals surface area contributed by atoms with Gasteiger partial charge in [-0.2, -0.15) is 0 Å². The van der Waals surface area contributed by atoms with Gasteiger partial charge < -0.3 is 20.1 Å². The summed E-state index contributed by atoms with van der Waals surface area (Å²) in [5.41, 5.74) is 1.77. The van der Waals surface area contributed by atoms with Crippen LogP contribution in [0.3, 0.4) is 0 Å². The molecule has 0 bridgehead atoms. The largest absolute Gasteiger partial charge is 0.494 e. The van der Waals surface area contributed by atoms with Crippen molar-refractivity contribution in [2.24, 2.45) is 0 Å². The number of ether oxygens (including phenoxy) is 1. The lowest BCUT2D eigenvalue weighted by Gasteiger charge is -2.28. The van der Waals surface area contributed by atoms with Crippen LogP contribution in [0.25, 0.3) is 12.2 Å². The Kier molecular flexibility index (Phi) is 10.9. The van der Waals surface area contributed by atoms with E-state index in [1.54, 1.807) is 13.8 Å². The summed E-state index contributed by atoms with van der Waals surface area (Å²) in [4.78, 5) is 55.6. The average molecular weight is 648 g/mol. The molecule has 242 valence electrons. The number of benzene rings is 3. The molecule has 4 amide bonds. The van der Waals surface area contributed by atoms with E-state index < -0.39 is 53.0 Å². The first-order valence-corrected chi connectivity index (χ1v) is 15.7. The summed E-state index contributed by atoms with van der Waals surface area (Å²) in [6.07, 6.45) is 3.44. The van der Waals surface area contributed by atoms with Gasteiger partial charge in [0.15, 0.2) is 16.9 Å². The number of hydrogen-bond acceptors (Lipinski definition) is 6. The number of carbonyl (C=O) groups excluding carboxylic acids is 3. The highest BCUT2D eigenvalue weighted by Gasteiger charge is 2.55. The van der Waals surface area contributed by atoms with Crippen molar-refractivity contribution >= 4 is 47.7 Å². The lowest BCUT2D eigenvalue weighted by molar-refractivity contribution is -0.139. The number of carboxylic acids is 1. The first kappa shape index (κ1) is 34.2. The molecule has 11 heteroatoms. The van der Waals surface area contributed by atoms with Gasteiger partial charge in [0.2, 0.25) is 0 Å². The van der Waals surface area contributed by atoms with Crippen LogP contribution in [0.15, 0.2) is 72.8 Å². The molecule has 9 nitrogen and oxygen atoms in total. The van der Waals surface area contributed by atoms with Crippen molar-refractivity contribution < 1.29 is 33.4 Å². The second-order valence-electron chi connectivity index (χ2n) is 11.7. The fraction of sp³-hybridized carbons (Fsp3) is 0.314. The predicted octanol–water partition coefficient (Wildman–Crippen LogP) is 6.35. The van der Waals surface area contributed by atoms with E-state index in [0.717, 1.165) is 39.4 Å². The topological polar surface area (TPSA) is 116 Å². The monoisotopic (exact) mass is 647 g/mol. The first-order valence-electron chi connectivity index (χ1n) is 14.8. The second-order valence-corrected chi connectivity index (χ2v) is 13.3. The van der Waals surface area contributed by atoms with Gasteiger partial charge in [-0.1, -0.05) is 86.7 Å². The molecule has 0 saturated carbocycles. The maximum absolute atomic E-state index is 14.5. The van der Waals surface area contributed by atoms with Crippen LogP contribution >= 0.6 is 11.8 Å². The number of hydrogen-bond donors (Lipinski definition) is 2. The molecule has 1 heterocycles. The zero-order chi connectivity index (χ0) is 33.6. The molecule has 1 fully saturated rings. The van der Waals surface area contributed by atoms with E-state index in [9.17, 15) is 28.7 Å². The van der Waals surface area contributed by atoms with Gasteiger partial charge in [0.25, 0.3) is 11.8 Å². The van der Waals surface area contributed by atoms with Crippen LogP contribution in [-0.2, 0) is 20.9 Å². The average Bonchev–Trinajstić information content (AvgIpc) is 3.18. The van der Waals surface area contributed by atoms with E-state index in [1.165, 1.54) is 24.1 Å². The van der Waals surface area contributed by atoms with Gasteiger partial charge in [0.05, 0.1) is 19.6 Å². The Balaban J connectivity index is 1.56. The fourth-order valence-electron chi connectivity index (χ4n) is 5.08. The Bertz CT molecular complexity index is 1610. The summed E-state index contributed by atoms with van der Waals surface area (Å²) >= 11 is 1.09. The van der Waals surface area contributed by atoms with E-state index in [-0.39, 0.29) is 23.1 Å². The smallest absolute Gasteiger partial charge is 0.329 e. The van der Waals surface area contributed by atoms with Crippen molar-refractivity contribution in [3.05, 3.63) is 101 Å². The Morgan fingerprint density at radius 1 is 1.00 bits per heavy atom. The predicted molar refractivity (Wildman–Crippen MR) is 176 cm³/mol. The third kappa shape index (κ3) is 7.95. The molecule has 3 aromatic carbocycles. The molecule has 0 radical (unpaired) electrons. The molecule has 4 rings (SSSR count). The Labute approximate surface area is 272 Å². The van der Waals surface area contributed by atoms with Gasteiger partial charge in [-0.25, -0.2) is 14.1 Å². The standard InChI is InChI=1S/C35H38FN3O6S/c1-22(2)46-32(31(42)37-28(20-30(40)41)26-17-18-29(45-5)27(36)19-26)39-33(43)35(3,4)38(34(39)44)21-25-15-13-24(14-16-25)12-11-23-9-7-6-8-10-23/h6-19,22,28,32H,20-21H2,1-5H3,(H,37,42)(H,40,41)/b12-11+. The number of aliphatic carboxylic acids is 1. The summed E-state index contributed by atoms with van der Waals surface area (Å²) in [6.45, 7) is 7.03. The number of halogens is 1. The number of carboxylic acid groups (broad SMARTS) is 1. The minimum atomic E-state index is -1.30. The molecule has 1 aliphatic heterocycles. The number of thioether (sulfide) groups is 1. The second kappa shape index (κ2) is 14.6. The number of nitrogens with zero attached hydrogens (tertiary/aromatic N) is 2. The SMILES string of the molecule is COc1ccc(C(CC(=O)O)NC(=O)C(SC(C)C)N2C(=O)N(Cc3ccc(/C=C/c4ccccc4)cc3)C(C)(C)C2=O)cc1F. The lowest BCUT2D eigenvalue weighted by atomic mass is 10.0. The number of imide groups is 1. The van der Waals surface area contributed by atoms with Gasteiger partial charge in [-0.15, -0.1) is 11.8 Å². The van der Waals surface area contributed by atoms with Crippen LogP contribution < -0.4 is 10.1 Å². The van der Waals surface area contributed by atoms with Crippen LogP contribution in [0.1, 0.15) is 62.4 Å². The molecule has 1 saturated heterocycles. The van der Waals surface area contributed by atoms with Crippen molar-refractivity contribution in [1.29, 1.82) is 0 Å². The van der Waals surface area contributed by atoms with E-state index in [0.29, 0.717) is 0 Å². The van der Waals surface area contributed by atoms with Gasteiger partial charge in [0.1, 0.15) is 5.54 Å². The normalized spacial score (nSPS) is 15.8. The highest BCUT2D eigenvalue weighted by atomic mass is 32.2. The highest BCUT2D eigenvalue weighted by Crippen LogP contribution is 2.35. The fourth-order valence-corrected chi connectivity index (χ4v) is 6.09. The zero-order valence-corrected chi connectivity index (χ0v) is 27.2. The Morgan fingerprint density at radius 3 is 2.20 bits per heavy atom. The molecule has 1 aliphatic rings. The number of amides is 4. The molecule has 3 aromatic rings. The first-order chi connectivity index (χ1) is 21.8. The van der Waals surface area contributed by atoms with Crippen molar-refractivity contribution in [3.8, 4) is 5.75 Å². The maximum atomic E-state index is 14.5. The third-order valence-electron chi connectivity index (χ3n) is 7.58. The molecule has 46 heavy (non-hydrogen) atoms. The van der Waals surface area contributed by atoms with E-state index >= 15 is 0 Å². The number of carbonyl (C=O) groups is 4. The molecule has 0 aliphatic carbocycles. The lowest BCUT2D eigenvalue weighted by Crippen LogP contribution is -2.50. The number of rotatable bonds is 13. The van der Waals surface area contributed by atoms with E-state index in [4.69, 9.17) is 4.74 Å². The van der Waals surface area contributed by atoms with Crippen LogP contribution in [0.4, 0.5) is 9.18 Å². The summed E-state index contributed by atoms with van der Waals surface area (Å²) < 4.78 is 19.5. The summed E-state index contributed by atoms with van der Waals surface area (Å²) in [7, 11) is 1.30. The summed E-state index contributed by atoms with van der Waals surface area (Å²) in [5.74, 6) is -3.28. The molecule has 2 atom stereocenters. The zero-order valence-electron chi connectivity index (χ0n) is 26.4. The van der Waals surface area contributed by atoms with Gasteiger partial charge in [-0.05, 0) is 48.2 Å². The quantitative estimate of drug-likeness (QED) is 0.164. The molecular weight excluding hydrogens is 609 g/mol. The van der Waals surface area contributed by atoms with Crippen LogP contribution in [0.2, 0.25) is 0 Å². The van der Waals surface area contributed by atoms with Crippen LogP contribution in [0, 0.1) is 5.82 Å². The van der Waals surface area contributed by atoms with Gasteiger partial charge >= 0.3 is 12.0 Å². The van der Waals surface area contributed by atoms with Crippen molar-refractivity contribution in [3.63, 3.8) is 0 Å². The molecule has 2 N–H and O–H groups in total. The summed E-state index contributed by atoms with van der Waals surface area (Å²) in [6, 6.07) is 19.6. The number of nitrogens with one attached hydrogen (secondary N) is 1. The van der Waals surface area contributed by atoms with Gasteiger partial charge in [0, 0.05) is 11.8 Å². The molecular formula is C35H38FN3O6S. The number of methoxy groups -OCH3 is 1. The van der Waals surface area contributed by atoms with E-state index in [2.05, 4.69) is 5.32 Å². The van der Waals surface area contributed by atoms with Gasteiger partial charge in [-0.3, -0.25) is 14.4 Å². The maximum Gasteiger partial charge on any atom is 0.329 e.